The summed E-state index contributed by atoms with van der Waals surface area (Å²) in [6.07, 6.45) is 10.6. The molecule has 0 spiro atoms. The molecule has 0 bridgehead atoms. The third-order valence-corrected chi connectivity index (χ3v) is 2.28. The molecule has 0 amide bonds. The van der Waals surface area contributed by atoms with Gasteiger partial charge in [0.05, 0.1) is 0 Å². The van der Waals surface area contributed by atoms with E-state index in [0.29, 0.717) is 0 Å². The molecule has 7 nitrogen and oxygen atoms in total. The van der Waals surface area contributed by atoms with E-state index in [-0.39, 0.29) is 19.5 Å². The van der Waals surface area contributed by atoms with E-state index < -0.39 is 13.4 Å². The molecule has 0 aromatic rings. The quantitative estimate of drug-likeness (QED) is 0.159. The summed E-state index contributed by atoms with van der Waals surface area (Å²) < 4.78 is 5.48. The molecule has 0 atom stereocenters. The number of hydrogen-bond acceptors (Lipinski definition) is 3. The Morgan fingerprint density at radius 1 is 0.625 bits per heavy atom. The predicted octanol–water partition coefficient (Wildman–Crippen LogP) is 2.54. The molecule has 0 aliphatic carbocycles. The summed E-state index contributed by atoms with van der Waals surface area (Å²) in [5, 5.41) is 0. The number of hydrogen-bond donors (Lipinski definition) is 6. The van der Waals surface area contributed by atoms with Gasteiger partial charge in [0.1, 0.15) is 0 Å². The van der Waals surface area contributed by atoms with Crippen molar-refractivity contribution in [1.82, 2.24) is 0 Å². The van der Waals surface area contributed by atoms with Gasteiger partial charge >= 0.3 is 13.4 Å². The monoisotopic (exact) mass is 478 g/mol. The largest absolute Gasteiger partial charge is 0.381 e. The zero-order valence-corrected chi connectivity index (χ0v) is 21.0. The Balaban J connectivity index is -0.000000151. The summed E-state index contributed by atoms with van der Waals surface area (Å²) in [6.45, 7) is -1.21. The van der Waals surface area contributed by atoms with Crippen molar-refractivity contribution in [2.75, 3.05) is 13.2 Å². The van der Waals surface area contributed by atoms with E-state index >= 15 is 0 Å². The summed E-state index contributed by atoms with van der Waals surface area (Å²) in [7, 11) is 0. The van der Waals surface area contributed by atoms with Crippen LogP contribution < -0.4 is 0 Å². The van der Waals surface area contributed by atoms with E-state index in [1.165, 1.54) is 51.4 Å². The van der Waals surface area contributed by atoms with Crippen LogP contribution in [0.4, 0.5) is 0 Å². The summed E-state index contributed by atoms with van der Waals surface area (Å²) in [5.41, 5.74) is 0. The second-order valence-corrected chi connectivity index (χ2v) is 9.75. The summed E-state index contributed by atoms with van der Waals surface area (Å²) in [4.78, 5) is 45.3. The van der Waals surface area contributed by atoms with Gasteiger partial charge in [0.2, 0.25) is 0 Å². The Kier molecular flexibility index (Phi) is 31.4. The maximum Gasteiger partial charge on any atom is 0.319 e. The third kappa shape index (κ3) is 89.4. The van der Waals surface area contributed by atoms with Crippen molar-refractivity contribution in [2.24, 2.45) is 0 Å². The van der Waals surface area contributed by atoms with Crippen LogP contribution in [0.5, 0.6) is 0 Å². The van der Waals surface area contributed by atoms with Crippen LogP contribution in [-0.2, 0) is 47.8 Å². The van der Waals surface area contributed by atoms with Crippen LogP contribution in [0.25, 0.3) is 0 Å². The van der Waals surface area contributed by atoms with Gasteiger partial charge in [-0.25, -0.2) is 0 Å². The van der Waals surface area contributed by atoms with E-state index in [0.717, 1.165) is 13.2 Å². The molecule has 0 aliphatic heterocycles. The van der Waals surface area contributed by atoms with Crippen molar-refractivity contribution in [3.8, 4) is 0 Å². The molecule has 12 heteroatoms. The van der Waals surface area contributed by atoms with Gasteiger partial charge in [0.15, 0.2) is 0 Å². The first-order valence-electron chi connectivity index (χ1n) is 7.56. The molecule has 0 heterocycles. The topological polar surface area (TPSA) is 131 Å². The molecule has 6 N–H and O–H groups in total. The molecular formula is C12H32O7P2S2Zn. The molecule has 0 unspecified atom stereocenters. The van der Waals surface area contributed by atoms with Gasteiger partial charge in [-0.15, -0.1) is 0 Å². The first-order chi connectivity index (χ1) is 10.4. The minimum absolute atomic E-state index is 0. The second kappa shape index (κ2) is 22.7. The van der Waals surface area contributed by atoms with Crippen LogP contribution >= 0.6 is 13.4 Å². The zero-order valence-electron chi connectivity index (χ0n) is 14.6. The van der Waals surface area contributed by atoms with E-state index in [1.54, 1.807) is 0 Å². The normalized spacial score (nSPS) is 10.7. The van der Waals surface area contributed by atoms with Gasteiger partial charge < -0.3 is 34.1 Å². The molecule has 0 fully saturated rings. The molecule has 0 saturated heterocycles. The minimum Gasteiger partial charge on any atom is -0.381 e. The standard InChI is InChI=1S/C12H26O.2H3O3PS.Zn/c1-3-5-7-8-9-10-12-13-11-6-4-2;2*1-4(2,3)5;/h3-12H2,1-2H3;2*(H3,1,2,3,5);. The third-order valence-electron chi connectivity index (χ3n) is 2.28. The second-order valence-electron chi connectivity index (χ2n) is 4.76. The number of unbranched alkanes of at least 4 members (excludes halogenated alkanes) is 6. The van der Waals surface area contributed by atoms with Crippen molar-refractivity contribution in [3.05, 3.63) is 0 Å². The first-order valence-corrected chi connectivity index (χ1v) is 12.9. The van der Waals surface area contributed by atoms with Gasteiger partial charge in [-0.3, -0.25) is 0 Å². The molecule has 24 heavy (non-hydrogen) atoms. The average molecular weight is 480 g/mol. The molecule has 0 rings (SSSR count). The Hall–Kier alpha value is 1.64. The number of rotatable bonds is 10. The molecular weight excluding hydrogens is 448 g/mol. The van der Waals surface area contributed by atoms with Crippen LogP contribution in [0, 0.1) is 0 Å². The zero-order chi connectivity index (χ0) is 18.8. The SMILES string of the molecule is CCCCCCCCOCCCC.OP(O)(O)=S.OP(O)(O)=S.[Zn]. The first kappa shape index (κ1) is 33.2. The Morgan fingerprint density at radius 3 is 1.29 bits per heavy atom. The van der Waals surface area contributed by atoms with Crippen LogP contribution in [0.15, 0.2) is 0 Å². The molecule has 0 aromatic carbocycles. The van der Waals surface area contributed by atoms with Gasteiger partial charge in [-0.2, -0.15) is 0 Å². The number of ether oxygens (including phenoxy) is 1. The van der Waals surface area contributed by atoms with Crippen molar-refractivity contribution in [3.63, 3.8) is 0 Å². The Labute approximate surface area is 168 Å². The van der Waals surface area contributed by atoms with E-state index in [9.17, 15) is 0 Å². The van der Waals surface area contributed by atoms with Crippen LogP contribution in [0.1, 0.15) is 65.2 Å². The smallest absolute Gasteiger partial charge is 0.319 e. The van der Waals surface area contributed by atoms with E-state index in [2.05, 4.69) is 37.5 Å². The summed E-state index contributed by atoms with van der Waals surface area (Å²) in [5.74, 6) is 0. The maximum absolute atomic E-state index is 7.56. The Bertz CT molecular complexity index is 280. The summed E-state index contributed by atoms with van der Waals surface area (Å²) in [6, 6.07) is 0. The fourth-order valence-electron chi connectivity index (χ4n) is 1.33. The molecule has 146 valence electrons. The summed E-state index contributed by atoms with van der Waals surface area (Å²) >= 11 is 7.21. The Morgan fingerprint density at radius 2 is 0.917 bits per heavy atom. The fraction of sp³-hybridized carbons (Fsp3) is 1.00. The molecule has 0 aliphatic rings. The average Bonchev–Trinajstić information content (AvgIpc) is 2.33. The van der Waals surface area contributed by atoms with Crippen molar-refractivity contribution < 1.29 is 53.6 Å². The predicted molar refractivity (Wildman–Crippen MR) is 101 cm³/mol. The van der Waals surface area contributed by atoms with Gasteiger partial charge in [-0.05, 0) is 36.5 Å². The van der Waals surface area contributed by atoms with Crippen LogP contribution in [0.2, 0.25) is 0 Å². The van der Waals surface area contributed by atoms with Crippen molar-refractivity contribution in [2.45, 2.75) is 65.2 Å². The van der Waals surface area contributed by atoms with Crippen molar-refractivity contribution in [1.29, 1.82) is 0 Å². The van der Waals surface area contributed by atoms with Gasteiger partial charge in [0, 0.05) is 32.7 Å². The van der Waals surface area contributed by atoms with Crippen molar-refractivity contribution >= 4 is 37.1 Å². The van der Waals surface area contributed by atoms with Crippen LogP contribution in [-0.4, -0.2) is 42.6 Å². The van der Waals surface area contributed by atoms with E-state index in [1.807, 2.05) is 0 Å². The molecule has 0 radical (unpaired) electrons. The van der Waals surface area contributed by atoms with Gasteiger partial charge in [-0.1, -0.05) is 52.4 Å². The minimum atomic E-state index is -3.81. The maximum atomic E-state index is 7.56. The van der Waals surface area contributed by atoms with E-state index in [4.69, 9.17) is 34.1 Å². The molecule has 0 saturated carbocycles. The van der Waals surface area contributed by atoms with Crippen LogP contribution in [0.3, 0.4) is 0 Å². The van der Waals surface area contributed by atoms with Gasteiger partial charge in [0.25, 0.3) is 0 Å². The fourth-order valence-corrected chi connectivity index (χ4v) is 1.33. The molecule has 0 aromatic heterocycles.